The van der Waals surface area contributed by atoms with Gasteiger partial charge in [-0.25, -0.2) is 0 Å². The van der Waals surface area contributed by atoms with Gasteiger partial charge in [0.2, 0.25) is 0 Å². The van der Waals surface area contributed by atoms with Gasteiger partial charge in [0.05, 0.1) is 0 Å². The molecule has 2 aromatic rings. The molecule has 2 aromatic carbocycles. The zero-order chi connectivity index (χ0) is 14.4. The third-order valence-corrected chi connectivity index (χ3v) is 3.57. The number of benzene rings is 2. The van der Waals surface area contributed by atoms with Crippen molar-refractivity contribution in [1.82, 2.24) is 0 Å². The van der Waals surface area contributed by atoms with Crippen LogP contribution in [-0.4, -0.2) is 5.11 Å². The first-order valence-electron chi connectivity index (χ1n) is 6.62. The Morgan fingerprint density at radius 3 is 2.35 bits per heavy atom. The van der Waals surface area contributed by atoms with E-state index >= 15 is 0 Å². The van der Waals surface area contributed by atoms with Crippen LogP contribution in [0.2, 0.25) is 0 Å². The van der Waals surface area contributed by atoms with E-state index in [0.29, 0.717) is 0 Å². The van der Waals surface area contributed by atoms with Crippen molar-refractivity contribution >= 4 is 21.6 Å². The third-order valence-electron chi connectivity index (χ3n) is 3.05. The minimum absolute atomic E-state index is 0.274. The van der Waals surface area contributed by atoms with Crippen molar-refractivity contribution in [2.75, 3.05) is 5.32 Å². The van der Waals surface area contributed by atoms with Crippen LogP contribution in [0.1, 0.15) is 18.4 Å². The lowest BCUT2D eigenvalue weighted by atomic mass is 10.1. The van der Waals surface area contributed by atoms with Gasteiger partial charge in [-0.3, -0.25) is 0 Å². The van der Waals surface area contributed by atoms with Crippen molar-refractivity contribution in [1.29, 1.82) is 0 Å². The molecular formula is C17H18BrNO. The first-order valence-corrected chi connectivity index (χ1v) is 7.41. The second-order valence-corrected chi connectivity index (χ2v) is 5.67. The number of halogens is 1. The molecule has 20 heavy (non-hydrogen) atoms. The van der Waals surface area contributed by atoms with Gasteiger partial charge in [-0.05, 0) is 61.2 Å². The van der Waals surface area contributed by atoms with Crippen LogP contribution in [0.3, 0.4) is 0 Å². The normalized spacial score (nSPS) is 10.2. The quantitative estimate of drug-likeness (QED) is 0.721. The van der Waals surface area contributed by atoms with E-state index < -0.39 is 0 Å². The Balaban J connectivity index is 1.75. The Kier molecular flexibility index (Phi) is 5.24. The number of phenolic OH excluding ortho intramolecular Hbond substituents is 1. The second-order valence-electron chi connectivity index (χ2n) is 4.76. The van der Waals surface area contributed by atoms with Crippen molar-refractivity contribution < 1.29 is 5.11 Å². The highest BCUT2D eigenvalue weighted by molar-refractivity contribution is 9.10. The Hall–Kier alpha value is -1.74. The van der Waals surface area contributed by atoms with Gasteiger partial charge < -0.3 is 10.4 Å². The zero-order valence-corrected chi connectivity index (χ0v) is 12.9. The van der Waals surface area contributed by atoms with E-state index in [1.807, 2.05) is 12.1 Å². The Labute approximate surface area is 128 Å². The molecule has 0 heterocycles. The number of aryl methyl sites for hydroxylation is 1. The van der Waals surface area contributed by atoms with E-state index in [-0.39, 0.29) is 5.75 Å². The van der Waals surface area contributed by atoms with Gasteiger partial charge in [0.25, 0.3) is 0 Å². The summed E-state index contributed by atoms with van der Waals surface area (Å²) in [7, 11) is 0. The van der Waals surface area contributed by atoms with Crippen molar-refractivity contribution in [2.24, 2.45) is 0 Å². The first-order chi connectivity index (χ1) is 9.63. The summed E-state index contributed by atoms with van der Waals surface area (Å²) in [6, 6.07) is 15.4. The zero-order valence-electron chi connectivity index (χ0n) is 11.3. The molecule has 0 saturated carbocycles. The summed E-state index contributed by atoms with van der Waals surface area (Å²) < 4.78 is 1.11. The lowest BCUT2D eigenvalue weighted by molar-refractivity contribution is 0.475. The predicted molar refractivity (Wildman–Crippen MR) is 87.9 cm³/mol. The number of hydrogen-bond donors (Lipinski definition) is 2. The standard InChI is InChI=1S/C17H18BrNO/c1-13(19-16-9-11-17(20)12-10-16)3-2-4-14-5-7-15(18)8-6-14/h5-12,19-20H,1-4H2. The van der Waals surface area contributed by atoms with E-state index in [0.717, 1.165) is 35.1 Å². The summed E-state index contributed by atoms with van der Waals surface area (Å²) in [6.45, 7) is 4.04. The van der Waals surface area contributed by atoms with Crippen LogP contribution in [-0.2, 0) is 6.42 Å². The minimum atomic E-state index is 0.274. The van der Waals surface area contributed by atoms with Crippen molar-refractivity contribution in [3.8, 4) is 5.75 Å². The van der Waals surface area contributed by atoms with E-state index in [4.69, 9.17) is 0 Å². The summed E-state index contributed by atoms with van der Waals surface area (Å²) >= 11 is 3.44. The Morgan fingerprint density at radius 2 is 1.70 bits per heavy atom. The van der Waals surface area contributed by atoms with Crippen LogP contribution in [0.25, 0.3) is 0 Å². The SMILES string of the molecule is C=C(CCCc1ccc(Br)cc1)Nc1ccc(O)cc1. The number of nitrogens with one attached hydrogen (secondary N) is 1. The molecule has 0 unspecified atom stereocenters. The summed E-state index contributed by atoms with van der Waals surface area (Å²) in [5, 5.41) is 12.5. The minimum Gasteiger partial charge on any atom is -0.508 e. The molecule has 0 amide bonds. The molecule has 0 fully saturated rings. The Morgan fingerprint density at radius 1 is 1.05 bits per heavy atom. The average molecular weight is 332 g/mol. The highest BCUT2D eigenvalue weighted by Crippen LogP contribution is 2.18. The van der Waals surface area contributed by atoms with Crippen LogP contribution in [0.4, 0.5) is 5.69 Å². The maximum absolute atomic E-state index is 9.22. The largest absolute Gasteiger partial charge is 0.508 e. The van der Waals surface area contributed by atoms with E-state index in [9.17, 15) is 5.11 Å². The monoisotopic (exact) mass is 331 g/mol. The van der Waals surface area contributed by atoms with Crippen molar-refractivity contribution in [2.45, 2.75) is 19.3 Å². The van der Waals surface area contributed by atoms with Gasteiger partial charge in [0, 0.05) is 15.9 Å². The molecule has 2 nitrogen and oxygen atoms in total. The fourth-order valence-electron chi connectivity index (χ4n) is 1.97. The molecule has 0 aliphatic rings. The fourth-order valence-corrected chi connectivity index (χ4v) is 2.23. The van der Waals surface area contributed by atoms with Gasteiger partial charge >= 0.3 is 0 Å². The fraction of sp³-hybridized carbons (Fsp3) is 0.176. The number of phenols is 1. The molecule has 0 radical (unpaired) electrons. The molecule has 0 aromatic heterocycles. The molecule has 0 aliphatic carbocycles. The molecule has 2 rings (SSSR count). The first kappa shape index (κ1) is 14.7. The van der Waals surface area contributed by atoms with Gasteiger partial charge in [-0.1, -0.05) is 34.6 Å². The lowest BCUT2D eigenvalue weighted by Crippen LogP contribution is -1.98. The maximum atomic E-state index is 9.22. The summed E-state index contributed by atoms with van der Waals surface area (Å²) in [5.74, 6) is 0.274. The molecule has 2 N–H and O–H groups in total. The number of rotatable bonds is 6. The number of anilines is 1. The van der Waals surface area contributed by atoms with E-state index in [1.54, 1.807) is 12.1 Å². The molecule has 0 saturated heterocycles. The molecule has 3 heteroatoms. The van der Waals surface area contributed by atoms with Crippen LogP contribution in [0, 0.1) is 0 Å². The van der Waals surface area contributed by atoms with Gasteiger partial charge in [-0.15, -0.1) is 0 Å². The smallest absolute Gasteiger partial charge is 0.115 e. The number of hydrogen-bond acceptors (Lipinski definition) is 2. The second kappa shape index (κ2) is 7.15. The van der Waals surface area contributed by atoms with Crippen molar-refractivity contribution in [3.63, 3.8) is 0 Å². The van der Waals surface area contributed by atoms with Crippen LogP contribution < -0.4 is 5.32 Å². The van der Waals surface area contributed by atoms with Gasteiger partial charge in [0.15, 0.2) is 0 Å². The molecule has 0 aliphatic heterocycles. The topological polar surface area (TPSA) is 32.3 Å². The third kappa shape index (κ3) is 4.74. The summed E-state index contributed by atoms with van der Waals surface area (Å²) in [6.07, 6.45) is 3.03. The molecule has 0 atom stereocenters. The van der Waals surface area contributed by atoms with Gasteiger partial charge in [-0.2, -0.15) is 0 Å². The lowest BCUT2D eigenvalue weighted by Gasteiger charge is -2.09. The number of aromatic hydroxyl groups is 1. The summed E-state index contributed by atoms with van der Waals surface area (Å²) in [5.41, 5.74) is 3.29. The molecule has 104 valence electrons. The molecular weight excluding hydrogens is 314 g/mol. The highest BCUT2D eigenvalue weighted by atomic mass is 79.9. The predicted octanol–water partition coefficient (Wildman–Crippen LogP) is 5.10. The maximum Gasteiger partial charge on any atom is 0.115 e. The van der Waals surface area contributed by atoms with Crippen LogP contribution in [0.15, 0.2) is 65.3 Å². The van der Waals surface area contributed by atoms with Crippen LogP contribution >= 0.6 is 15.9 Å². The molecule has 0 spiro atoms. The van der Waals surface area contributed by atoms with E-state index in [1.165, 1.54) is 5.56 Å². The van der Waals surface area contributed by atoms with E-state index in [2.05, 4.69) is 52.1 Å². The Bertz CT molecular complexity index is 561. The van der Waals surface area contributed by atoms with Crippen molar-refractivity contribution in [3.05, 3.63) is 70.8 Å². The van der Waals surface area contributed by atoms with Gasteiger partial charge in [0.1, 0.15) is 5.75 Å². The highest BCUT2D eigenvalue weighted by Gasteiger charge is 1.98. The van der Waals surface area contributed by atoms with Crippen LogP contribution in [0.5, 0.6) is 5.75 Å². The average Bonchev–Trinajstić information content (AvgIpc) is 2.44. The number of allylic oxidation sites excluding steroid dienone is 1. The summed E-state index contributed by atoms with van der Waals surface area (Å²) in [4.78, 5) is 0. The molecule has 0 bridgehead atoms.